The predicted molar refractivity (Wildman–Crippen MR) is 137 cm³/mol. The summed E-state index contributed by atoms with van der Waals surface area (Å²) in [6.07, 6.45) is 8.39. The molecule has 180 valence electrons. The lowest BCUT2D eigenvalue weighted by Crippen LogP contribution is -2.53. The Morgan fingerprint density at radius 1 is 1.22 bits per heavy atom. The van der Waals surface area contributed by atoms with Gasteiger partial charge in [-0.25, -0.2) is 4.98 Å². The first-order chi connectivity index (χ1) is 17.4. The molecule has 1 aromatic carbocycles. The van der Waals surface area contributed by atoms with Gasteiger partial charge in [-0.2, -0.15) is 10.8 Å². The van der Waals surface area contributed by atoms with Gasteiger partial charge in [-0.05, 0) is 74.6 Å². The van der Waals surface area contributed by atoms with Crippen LogP contribution in [0.25, 0.3) is 0 Å². The summed E-state index contributed by atoms with van der Waals surface area (Å²) in [5, 5.41) is 2.82. The lowest BCUT2D eigenvalue weighted by atomic mass is 10.1. The Bertz CT molecular complexity index is 1430. The van der Waals surface area contributed by atoms with Crippen LogP contribution < -0.4 is 11.2 Å². The normalized spacial score (nSPS) is 22.1. The minimum absolute atomic E-state index is 0.157. The smallest absolute Gasteiger partial charge is 0.299 e. The van der Waals surface area contributed by atoms with Crippen molar-refractivity contribution in [3.05, 3.63) is 83.1 Å². The average molecular weight is 481 g/mol. The second-order valence-electron chi connectivity index (χ2n) is 8.84. The van der Waals surface area contributed by atoms with Gasteiger partial charge in [0.2, 0.25) is 5.70 Å². The number of aliphatic imine (C=N–C) groups is 2. The zero-order chi connectivity index (χ0) is 25.3. The Labute approximate surface area is 209 Å². The number of hydrogen-bond acceptors (Lipinski definition) is 6. The molecule has 2 atom stereocenters. The van der Waals surface area contributed by atoms with E-state index in [1.54, 1.807) is 48.8 Å². The highest BCUT2D eigenvalue weighted by molar-refractivity contribution is 6.05. The van der Waals surface area contributed by atoms with Gasteiger partial charge in [0.15, 0.2) is 0 Å². The Kier molecular flexibility index (Phi) is 6.06. The number of anilines is 1. The van der Waals surface area contributed by atoms with E-state index in [-0.39, 0.29) is 22.4 Å². The molecule has 0 radical (unpaired) electrons. The lowest BCUT2D eigenvalue weighted by Gasteiger charge is -2.27. The third kappa shape index (κ3) is 4.13. The quantitative estimate of drug-likeness (QED) is 0.398. The Morgan fingerprint density at radius 2 is 2.03 bits per heavy atom. The molecule has 0 saturated carbocycles. The number of hydrogen-bond donors (Lipinski definition) is 2. The predicted octanol–water partition coefficient (Wildman–Crippen LogP) is 2.87. The van der Waals surface area contributed by atoms with E-state index in [9.17, 15) is 9.59 Å². The average Bonchev–Trinajstić information content (AvgIpc) is 3.47. The third-order valence-corrected chi connectivity index (χ3v) is 6.45. The van der Waals surface area contributed by atoms with Crippen LogP contribution in [0.4, 0.5) is 5.82 Å². The van der Waals surface area contributed by atoms with E-state index in [4.69, 9.17) is 10.8 Å². The molecule has 36 heavy (non-hydrogen) atoms. The number of nitrogens with zero attached hydrogens (tertiary/aromatic N) is 5. The minimum Gasteiger partial charge on any atom is -0.323 e. The monoisotopic (exact) mass is 480 g/mol. The van der Waals surface area contributed by atoms with Crippen molar-refractivity contribution in [2.24, 2.45) is 15.8 Å². The van der Waals surface area contributed by atoms with Crippen molar-refractivity contribution in [2.75, 3.05) is 11.9 Å². The van der Waals surface area contributed by atoms with E-state index >= 15 is 0 Å². The molecule has 9 heteroatoms. The molecular weight excluding hydrogens is 454 g/mol. The van der Waals surface area contributed by atoms with Crippen molar-refractivity contribution < 1.29 is 14.2 Å². The molecule has 3 aliphatic heterocycles. The summed E-state index contributed by atoms with van der Waals surface area (Å²) >= 11 is 0. The number of carbonyl (C=O) groups is 2. The first-order valence-corrected chi connectivity index (χ1v) is 11.7. The number of fused-ring (bicyclic) bond motifs is 1. The standard InChI is InChI=1S/C27H25N7O2/c1-3-5-24(35)33-14-4-6-21(33)25-22-17-29-13-15-34(22,28)26(32-25)19-7-9-20(10-8-19)27(36)31-23-16-18(2)11-12-30-23/h7-13,15-17,21H,4,6,14,28H2,1-2H3/p+1. The van der Waals surface area contributed by atoms with Crippen LogP contribution in [0.1, 0.15) is 41.3 Å². The van der Waals surface area contributed by atoms with Crippen LogP contribution in [0, 0.1) is 18.8 Å². The zero-order valence-electron chi connectivity index (χ0n) is 20.1. The van der Waals surface area contributed by atoms with Crippen LogP contribution in [0.3, 0.4) is 0 Å². The van der Waals surface area contributed by atoms with Gasteiger partial charge < -0.3 is 10.2 Å². The molecule has 1 fully saturated rings. The molecule has 0 aliphatic carbocycles. The van der Waals surface area contributed by atoms with E-state index in [0.717, 1.165) is 29.7 Å². The van der Waals surface area contributed by atoms with Gasteiger partial charge >= 0.3 is 0 Å². The molecule has 5 rings (SSSR count). The van der Waals surface area contributed by atoms with Gasteiger partial charge in [-0.3, -0.25) is 14.6 Å². The van der Waals surface area contributed by atoms with Crippen molar-refractivity contribution in [3.63, 3.8) is 0 Å². The molecule has 9 nitrogen and oxygen atoms in total. The van der Waals surface area contributed by atoms with Crippen molar-refractivity contribution in [1.29, 1.82) is 0 Å². The molecule has 2 unspecified atom stereocenters. The number of rotatable bonds is 4. The van der Waals surface area contributed by atoms with Gasteiger partial charge in [-0.15, -0.1) is 4.59 Å². The number of allylic oxidation sites excluding steroid dienone is 1. The van der Waals surface area contributed by atoms with Gasteiger partial charge in [0.05, 0.1) is 24.0 Å². The van der Waals surface area contributed by atoms with Crippen molar-refractivity contribution in [3.8, 4) is 11.8 Å². The van der Waals surface area contributed by atoms with Gasteiger partial charge in [0, 0.05) is 18.3 Å². The Balaban J connectivity index is 1.44. The molecule has 1 saturated heterocycles. The molecule has 2 amide bonds. The number of quaternary nitrogens is 1. The number of likely N-dealkylation sites (tertiary alicyclic amines) is 1. The Morgan fingerprint density at radius 3 is 2.78 bits per heavy atom. The number of benzene rings is 1. The first kappa shape index (κ1) is 23.4. The zero-order valence-corrected chi connectivity index (χ0v) is 20.1. The summed E-state index contributed by atoms with van der Waals surface area (Å²) in [5.41, 5.74) is 3.69. The lowest BCUT2D eigenvalue weighted by molar-refractivity contribution is -0.750. The number of aromatic nitrogens is 1. The fourth-order valence-corrected chi connectivity index (χ4v) is 4.69. The van der Waals surface area contributed by atoms with Crippen molar-refractivity contribution in [2.45, 2.75) is 32.7 Å². The molecule has 3 aliphatic rings. The summed E-state index contributed by atoms with van der Waals surface area (Å²) in [5.74, 6) is 12.8. The summed E-state index contributed by atoms with van der Waals surface area (Å²) < 4.78 is -0.157. The number of amides is 2. The second-order valence-corrected chi connectivity index (χ2v) is 8.84. The number of nitrogens with two attached hydrogens (primary N) is 1. The number of aryl methyl sites for hydroxylation is 1. The molecule has 2 aromatic rings. The minimum atomic E-state index is -0.258. The number of pyridine rings is 1. The summed E-state index contributed by atoms with van der Waals surface area (Å²) in [4.78, 5) is 40.5. The van der Waals surface area contributed by atoms with Crippen LogP contribution in [-0.2, 0) is 4.79 Å². The highest BCUT2D eigenvalue weighted by Gasteiger charge is 2.48. The summed E-state index contributed by atoms with van der Waals surface area (Å²) in [7, 11) is 0. The second kappa shape index (κ2) is 9.34. The molecule has 0 spiro atoms. The molecule has 4 heterocycles. The topological polar surface area (TPSA) is 113 Å². The highest BCUT2D eigenvalue weighted by Crippen LogP contribution is 2.37. The van der Waals surface area contributed by atoms with E-state index in [1.165, 1.54) is 0 Å². The maximum Gasteiger partial charge on any atom is 0.299 e. The van der Waals surface area contributed by atoms with E-state index < -0.39 is 0 Å². The van der Waals surface area contributed by atoms with Crippen LogP contribution in [0.5, 0.6) is 0 Å². The fraction of sp³-hybridized carbons (Fsp3) is 0.222. The van der Waals surface area contributed by atoms with Gasteiger partial charge in [0.1, 0.15) is 17.7 Å². The summed E-state index contributed by atoms with van der Waals surface area (Å²) in [6, 6.07) is 10.6. The maximum absolute atomic E-state index is 12.7. The highest BCUT2D eigenvalue weighted by atomic mass is 16.2. The van der Waals surface area contributed by atoms with Crippen molar-refractivity contribution >= 4 is 29.7 Å². The molecule has 0 bridgehead atoms. The van der Waals surface area contributed by atoms with Crippen LogP contribution in [0.15, 0.2) is 76.4 Å². The molecule has 3 N–H and O–H groups in total. The SMILES string of the molecule is CC#CC(=O)N1CCCC1C1=C2C=NC=C[N+]2(N)C(c2ccc(C(=O)Nc3cc(C)ccn3)cc2)=N1. The number of amidine groups is 1. The molecular formula is C27H26N7O2+. The Hall–Kier alpha value is -4.39. The van der Waals surface area contributed by atoms with Crippen LogP contribution in [0.2, 0.25) is 0 Å². The first-order valence-electron chi connectivity index (χ1n) is 11.7. The number of carbonyl (C=O) groups excluding carboxylic acids is 2. The van der Waals surface area contributed by atoms with E-state index in [1.807, 2.05) is 31.2 Å². The van der Waals surface area contributed by atoms with E-state index in [2.05, 4.69) is 27.1 Å². The van der Waals surface area contributed by atoms with Crippen molar-refractivity contribution in [1.82, 2.24) is 9.88 Å². The van der Waals surface area contributed by atoms with Gasteiger partial charge in [-0.1, -0.05) is 5.92 Å². The third-order valence-electron chi connectivity index (χ3n) is 6.45. The largest absolute Gasteiger partial charge is 0.323 e. The summed E-state index contributed by atoms with van der Waals surface area (Å²) in [6.45, 7) is 4.21. The maximum atomic E-state index is 12.7. The molecule has 1 aromatic heterocycles. The fourth-order valence-electron chi connectivity index (χ4n) is 4.69. The number of nitrogens with one attached hydrogen (secondary N) is 1. The van der Waals surface area contributed by atoms with Crippen LogP contribution >= 0.6 is 0 Å². The van der Waals surface area contributed by atoms with Gasteiger partial charge in [0.25, 0.3) is 17.6 Å². The van der Waals surface area contributed by atoms with E-state index in [0.29, 0.717) is 29.5 Å². The van der Waals surface area contributed by atoms with Crippen LogP contribution in [-0.4, -0.2) is 50.9 Å².